The van der Waals surface area contributed by atoms with Gasteiger partial charge < -0.3 is 10.6 Å². The number of nitrogen functional groups attached to an aromatic ring is 1. The Hall–Kier alpha value is -1.62. The zero-order chi connectivity index (χ0) is 15.2. The fraction of sp³-hybridized carbons (Fsp3) is 0.500. The Kier molecular flexibility index (Phi) is 3.40. The molecule has 1 aliphatic rings. The molecule has 2 aromatic rings. The molecular formula is C16H21N3OS. The molecule has 0 atom stereocenters. The molecule has 0 aromatic carbocycles. The summed E-state index contributed by atoms with van der Waals surface area (Å²) in [6.07, 6.45) is 3.99. The van der Waals surface area contributed by atoms with E-state index in [1.165, 1.54) is 17.8 Å². The smallest absolute Gasteiger partial charge is 0.266 e. The van der Waals surface area contributed by atoms with Crippen LogP contribution in [0, 0.1) is 12.3 Å². The maximum Gasteiger partial charge on any atom is 0.266 e. The zero-order valence-electron chi connectivity index (χ0n) is 12.8. The number of thiophene rings is 1. The number of pyridine rings is 1. The molecule has 1 saturated heterocycles. The number of fused-ring (bicyclic) bond motifs is 1. The summed E-state index contributed by atoms with van der Waals surface area (Å²) in [6, 6.07) is 1.93. The molecule has 3 heterocycles. The van der Waals surface area contributed by atoms with E-state index >= 15 is 0 Å². The third-order valence-electron chi connectivity index (χ3n) is 4.22. The quantitative estimate of drug-likeness (QED) is 0.878. The zero-order valence-corrected chi connectivity index (χ0v) is 13.6. The van der Waals surface area contributed by atoms with Gasteiger partial charge in [0.1, 0.15) is 9.71 Å². The van der Waals surface area contributed by atoms with Gasteiger partial charge in [0, 0.05) is 24.7 Å². The largest absolute Gasteiger partial charge is 0.397 e. The highest BCUT2D eigenvalue weighted by Crippen LogP contribution is 2.36. The molecule has 1 aliphatic heterocycles. The predicted molar refractivity (Wildman–Crippen MR) is 87.7 cm³/mol. The number of amides is 1. The van der Waals surface area contributed by atoms with Gasteiger partial charge in [0.15, 0.2) is 0 Å². The van der Waals surface area contributed by atoms with Crippen molar-refractivity contribution in [1.29, 1.82) is 0 Å². The van der Waals surface area contributed by atoms with Gasteiger partial charge in [-0.05, 0) is 36.8 Å². The number of hydrogen-bond donors (Lipinski definition) is 1. The molecule has 112 valence electrons. The van der Waals surface area contributed by atoms with E-state index in [4.69, 9.17) is 5.73 Å². The van der Waals surface area contributed by atoms with Gasteiger partial charge in [0.2, 0.25) is 0 Å². The monoisotopic (exact) mass is 303 g/mol. The average molecular weight is 303 g/mol. The molecule has 0 saturated carbocycles. The van der Waals surface area contributed by atoms with Crippen molar-refractivity contribution < 1.29 is 4.79 Å². The molecule has 1 amide bonds. The van der Waals surface area contributed by atoms with E-state index in [1.807, 2.05) is 17.9 Å². The number of likely N-dealkylation sites (tertiary alicyclic amines) is 1. The van der Waals surface area contributed by atoms with Crippen LogP contribution in [0.5, 0.6) is 0 Å². The van der Waals surface area contributed by atoms with Gasteiger partial charge in [-0.3, -0.25) is 4.79 Å². The van der Waals surface area contributed by atoms with Gasteiger partial charge in [-0.2, -0.15) is 0 Å². The van der Waals surface area contributed by atoms with Crippen LogP contribution in [0.25, 0.3) is 10.2 Å². The minimum atomic E-state index is 0.0580. The summed E-state index contributed by atoms with van der Waals surface area (Å²) in [7, 11) is 0. The fourth-order valence-electron chi connectivity index (χ4n) is 3.10. The van der Waals surface area contributed by atoms with Crippen LogP contribution in [0.3, 0.4) is 0 Å². The number of nitrogens with zero attached hydrogens (tertiary/aromatic N) is 2. The average Bonchev–Trinajstić information content (AvgIpc) is 2.75. The number of rotatable bonds is 1. The Labute approximate surface area is 129 Å². The van der Waals surface area contributed by atoms with Gasteiger partial charge >= 0.3 is 0 Å². The lowest BCUT2D eigenvalue weighted by molar-refractivity contribution is 0.0589. The summed E-state index contributed by atoms with van der Waals surface area (Å²) < 4.78 is 0. The highest BCUT2D eigenvalue weighted by atomic mass is 32.1. The first-order chi connectivity index (χ1) is 9.89. The molecule has 0 bridgehead atoms. The minimum Gasteiger partial charge on any atom is -0.397 e. The fourth-order valence-corrected chi connectivity index (χ4v) is 4.21. The third kappa shape index (κ3) is 2.50. The van der Waals surface area contributed by atoms with E-state index in [0.717, 1.165) is 35.3 Å². The van der Waals surface area contributed by atoms with Crippen LogP contribution in [-0.4, -0.2) is 28.9 Å². The van der Waals surface area contributed by atoms with Crippen molar-refractivity contribution in [2.24, 2.45) is 5.41 Å². The Morgan fingerprint density at radius 2 is 2.24 bits per heavy atom. The normalized spacial score (nSPS) is 18.1. The second-order valence-electron chi connectivity index (χ2n) is 6.65. The van der Waals surface area contributed by atoms with E-state index in [2.05, 4.69) is 18.8 Å². The van der Waals surface area contributed by atoms with E-state index in [0.29, 0.717) is 10.6 Å². The summed E-state index contributed by atoms with van der Waals surface area (Å²) in [5, 5.41) is 0.933. The lowest BCUT2D eigenvalue weighted by Crippen LogP contribution is -2.43. The van der Waals surface area contributed by atoms with E-state index < -0.39 is 0 Å². The molecule has 2 aromatic heterocycles. The van der Waals surface area contributed by atoms with Crippen LogP contribution in [0.2, 0.25) is 0 Å². The summed E-state index contributed by atoms with van der Waals surface area (Å²) in [5.74, 6) is 0.0580. The van der Waals surface area contributed by atoms with Crippen LogP contribution in [0.15, 0.2) is 12.3 Å². The first-order valence-electron chi connectivity index (χ1n) is 7.32. The molecule has 3 rings (SSSR count). The van der Waals surface area contributed by atoms with Gasteiger partial charge in [-0.15, -0.1) is 11.3 Å². The maximum atomic E-state index is 12.8. The second-order valence-corrected chi connectivity index (χ2v) is 7.65. The number of hydrogen-bond acceptors (Lipinski definition) is 4. The number of aromatic nitrogens is 1. The van der Waals surface area contributed by atoms with Crippen molar-refractivity contribution in [3.63, 3.8) is 0 Å². The standard InChI is InChI=1S/C16H21N3OS/c1-10-5-7-18-14-11(10)12(17)13(21-14)15(20)19-8-4-6-16(2,3)9-19/h5,7H,4,6,8-9,17H2,1-3H3. The van der Waals surface area contributed by atoms with Crippen LogP contribution in [0.4, 0.5) is 5.69 Å². The first kappa shape index (κ1) is 14.3. The lowest BCUT2D eigenvalue weighted by atomic mass is 9.84. The Balaban J connectivity index is 1.99. The van der Waals surface area contributed by atoms with Crippen LogP contribution >= 0.6 is 11.3 Å². The molecule has 5 heteroatoms. The predicted octanol–water partition coefficient (Wildman–Crippen LogP) is 3.45. The highest BCUT2D eigenvalue weighted by molar-refractivity contribution is 7.21. The molecule has 0 unspecified atom stereocenters. The van der Waals surface area contributed by atoms with Gasteiger partial charge in [0.25, 0.3) is 5.91 Å². The van der Waals surface area contributed by atoms with Gasteiger partial charge in [0.05, 0.1) is 5.69 Å². The Morgan fingerprint density at radius 1 is 1.48 bits per heavy atom. The van der Waals surface area contributed by atoms with Crippen LogP contribution in [0.1, 0.15) is 41.9 Å². The maximum absolute atomic E-state index is 12.8. The van der Waals surface area contributed by atoms with Gasteiger partial charge in [-0.25, -0.2) is 4.98 Å². The van der Waals surface area contributed by atoms with E-state index in [9.17, 15) is 4.79 Å². The van der Waals surface area contributed by atoms with E-state index in [1.54, 1.807) is 6.20 Å². The Morgan fingerprint density at radius 3 is 2.90 bits per heavy atom. The number of nitrogens with two attached hydrogens (primary N) is 1. The van der Waals surface area contributed by atoms with Crippen LogP contribution < -0.4 is 5.73 Å². The van der Waals surface area contributed by atoms with Crippen molar-refractivity contribution in [3.8, 4) is 0 Å². The van der Waals surface area contributed by atoms with Crippen molar-refractivity contribution in [1.82, 2.24) is 9.88 Å². The third-order valence-corrected chi connectivity index (χ3v) is 5.32. The second kappa shape index (κ2) is 4.98. The summed E-state index contributed by atoms with van der Waals surface area (Å²) >= 11 is 1.41. The van der Waals surface area contributed by atoms with Crippen molar-refractivity contribution >= 4 is 33.1 Å². The molecule has 0 aliphatic carbocycles. The Bertz CT molecular complexity index is 705. The van der Waals surface area contributed by atoms with Crippen molar-refractivity contribution in [3.05, 3.63) is 22.7 Å². The lowest BCUT2D eigenvalue weighted by Gasteiger charge is -2.37. The van der Waals surface area contributed by atoms with Crippen molar-refractivity contribution in [2.45, 2.75) is 33.6 Å². The number of anilines is 1. The molecule has 0 radical (unpaired) electrons. The summed E-state index contributed by atoms with van der Waals surface area (Å²) in [5.41, 5.74) is 8.09. The number of aryl methyl sites for hydroxylation is 1. The number of carbonyl (C=O) groups excluding carboxylic acids is 1. The first-order valence-corrected chi connectivity index (χ1v) is 8.13. The molecular weight excluding hydrogens is 282 g/mol. The molecule has 4 nitrogen and oxygen atoms in total. The summed E-state index contributed by atoms with van der Waals surface area (Å²) in [4.78, 5) is 20.6. The molecule has 21 heavy (non-hydrogen) atoms. The van der Waals surface area contributed by atoms with Gasteiger partial charge in [-0.1, -0.05) is 13.8 Å². The molecule has 2 N–H and O–H groups in total. The number of carbonyl (C=O) groups is 1. The van der Waals surface area contributed by atoms with E-state index in [-0.39, 0.29) is 11.3 Å². The molecule has 0 spiro atoms. The minimum absolute atomic E-state index is 0.0580. The highest BCUT2D eigenvalue weighted by Gasteiger charge is 2.31. The SMILES string of the molecule is Cc1ccnc2sc(C(=O)N3CCCC(C)(C)C3)c(N)c12. The number of piperidine rings is 1. The van der Waals surface area contributed by atoms with Crippen LogP contribution in [-0.2, 0) is 0 Å². The molecule has 1 fully saturated rings. The topological polar surface area (TPSA) is 59.2 Å². The van der Waals surface area contributed by atoms with Crippen molar-refractivity contribution in [2.75, 3.05) is 18.8 Å². The summed E-state index contributed by atoms with van der Waals surface area (Å²) in [6.45, 7) is 8.05.